The van der Waals surface area contributed by atoms with E-state index in [9.17, 15) is 0 Å². The van der Waals surface area contributed by atoms with Crippen LogP contribution in [0.4, 0.5) is 0 Å². The fraction of sp³-hybridized carbons (Fsp3) is 0.167. The van der Waals surface area contributed by atoms with Crippen LogP contribution in [0, 0.1) is 12.3 Å². The number of halogens is 1. The van der Waals surface area contributed by atoms with Crippen molar-refractivity contribution < 1.29 is 0 Å². The van der Waals surface area contributed by atoms with E-state index in [2.05, 4.69) is 5.92 Å². The number of hydrogen-bond acceptors (Lipinski definition) is 0. The summed E-state index contributed by atoms with van der Waals surface area (Å²) in [5.41, 5.74) is 3.10. The summed E-state index contributed by atoms with van der Waals surface area (Å²) in [7, 11) is 0. The fourth-order valence-electron chi connectivity index (χ4n) is 1.10. The van der Waals surface area contributed by atoms with Gasteiger partial charge in [0, 0.05) is 10.6 Å². The molecular formula is C12H11Cl. The maximum atomic E-state index is 5.86. The molecule has 0 amide bonds. The van der Waals surface area contributed by atoms with Crippen molar-refractivity contribution in [3.63, 3.8) is 0 Å². The molecule has 1 heteroatoms. The minimum Gasteiger partial charge on any atom is -0.115 e. The average Bonchev–Trinajstić information content (AvgIpc) is 2.03. The van der Waals surface area contributed by atoms with Crippen LogP contribution in [0.5, 0.6) is 0 Å². The van der Waals surface area contributed by atoms with Gasteiger partial charge in [-0.15, -0.1) is 6.42 Å². The Hall–Kier alpha value is -1.19. The molecular weight excluding hydrogens is 180 g/mol. The summed E-state index contributed by atoms with van der Waals surface area (Å²) in [5.74, 6) is 2.62. The maximum Gasteiger partial charge on any atom is 0.0412 e. The zero-order valence-corrected chi connectivity index (χ0v) is 8.52. The lowest BCUT2D eigenvalue weighted by atomic mass is 10.1. The largest absolute Gasteiger partial charge is 0.115 e. The zero-order chi connectivity index (χ0) is 9.84. The Morgan fingerprint density at radius 3 is 2.69 bits per heavy atom. The van der Waals surface area contributed by atoms with Crippen molar-refractivity contribution in [3.05, 3.63) is 39.9 Å². The molecule has 66 valence electrons. The maximum absolute atomic E-state index is 5.86. The molecule has 0 fully saturated rings. The third-order valence-electron chi connectivity index (χ3n) is 1.61. The minimum atomic E-state index is 0.714. The number of hydrogen-bond donors (Lipinski definition) is 0. The van der Waals surface area contributed by atoms with Crippen molar-refractivity contribution in [2.45, 2.75) is 13.8 Å². The predicted octanol–water partition coefficient (Wildman–Crippen LogP) is 3.74. The molecule has 0 saturated carbocycles. The van der Waals surface area contributed by atoms with E-state index in [4.69, 9.17) is 18.0 Å². The van der Waals surface area contributed by atoms with Gasteiger partial charge in [0.2, 0.25) is 0 Å². The number of benzene rings is 1. The van der Waals surface area contributed by atoms with E-state index in [-0.39, 0.29) is 0 Å². The number of terminal acetylenes is 1. The molecule has 0 aliphatic carbocycles. The van der Waals surface area contributed by atoms with Crippen molar-refractivity contribution in [1.29, 1.82) is 0 Å². The summed E-state index contributed by atoms with van der Waals surface area (Å²) >= 11 is 5.86. The molecule has 0 saturated heterocycles. The Bertz CT molecular complexity index is 377. The lowest BCUT2D eigenvalue weighted by Gasteiger charge is -2.00. The molecule has 0 radical (unpaired) electrons. The molecule has 0 bridgehead atoms. The number of allylic oxidation sites excluding steroid dienone is 1. The van der Waals surface area contributed by atoms with Crippen molar-refractivity contribution >= 4 is 17.7 Å². The molecule has 0 atom stereocenters. The topological polar surface area (TPSA) is 0 Å². The molecule has 0 N–H and O–H groups in total. The predicted molar refractivity (Wildman–Crippen MR) is 58.7 cm³/mol. The van der Waals surface area contributed by atoms with E-state index in [1.165, 1.54) is 5.57 Å². The summed E-state index contributed by atoms with van der Waals surface area (Å²) in [6, 6.07) is 5.54. The minimum absolute atomic E-state index is 0.714. The first-order valence-corrected chi connectivity index (χ1v) is 4.42. The Morgan fingerprint density at radius 2 is 2.15 bits per heavy atom. The van der Waals surface area contributed by atoms with Gasteiger partial charge in [0.15, 0.2) is 0 Å². The smallest absolute Gasteiger partial charge is 0.0412 e. The van der Waals surface area contributed by atoms with Gasteiger partial charge in [-0.05, 0) is 37.6 Å². The van der Waals surface area contributed by atoms with Crippen LogP contribution in [0.1, 0.15) is 25.0 Å². The summed E-state index contributed by atoms with van der Waals surface area (Å²) in [5, 5.41) is 0.714. The van der Waals surface area contributed by atoms with E-state index >= 15 is 0 Å². The third-order valence-corrected chi connectivity index (χ3v) is 1.85. The van der Waals surface area contributed by atoms with Crippen LogP contribution in [-0.2, 0) is 0 Å². The Balaban J connectivity index is 3.26. The van der Waals surface area contributed by atoms with Crippen LogP contribution < -0.4 is 0 Å². The van der Waals surface area contributed by atoms with Gasteiger partial charge >= 0.3 is 0 Å². The molecule has 0 aliphatic rings. The van der Waals surface area contributed by atoms with Gasteiger partial charge in [-0.1, -0.05) is 29.2 Å². The van der Waals surface area contributed by atoms with E-state index in [1.54, 1.807) is 6.07 Å². The molecule has 1 aromatic carbocycles. The monoisotopic (exact) mass is 190 g/mol. The van der Waals surface area contributed by atoms with Crippen LogP contribution >= 0.6 is 11.6 Å². The molecule has 0 spiro atoms. The molecule has 0 aliphatic heterocycles. The average molecular weight is 191 g/mol. The summed E-state index contributed by atoms with van der Waals surface area (Å²) < 4.78 is 0. The molecule has 1 aromatic rings. The normalized spacial score (nSPS) is 9.08. The first kappa shape index (κ1) is 9.89. The fourth-order valence-corrected chi connectivity index (χ4v) is 1.28. The SMILES string of the molecule is C#Cc1ccc(Cl)cc1C=C(C)C. The van der Waals surface area contributed by atoms with Gasteiger partial charge in [-0.2, -0.15) is 0 Å². The highest BCUT2D eigenvalue weighted by Crippen LogP contribution is 2.17. The number of rotatable bonds is 1. The van der Waals surface area contributed by atoms with Gasteiger partial charge < -0.3 is 0 Å². The Morgan fingerprint density at radius 1 is 1.46 bits per heavy atom. The quantitative estimate of drug-likeness (QED) is 0.592. The molecule has 0 nitrogen and oxygen atoms in total. The summed E-state index contributed by atoms with van der Waals surface area (Å²) in [6.07, 6.45) is 7.38. The van der Waals surface area contributed by atoms with E-state index in [0.717, 1.165) is 11.1 Å². The lowest BCUT2D eigenvalue weighted by molar-refractivity contribution is 1.42. The van der Waals surface area contributed by atoms with Gasteiger partial charge in [0.05, 0.1) is 0 Å². The molecule has 1 rings (SSSR count). The van der Waals surface area contributed by atoms with Crippen LogP contribution in [0.3, 0.4) is 0 Å². The van der Waals surface area contributed by atoms with Gasteiger partial charge in [0.25, 0.3) is 0 Å². The van der Waals surface area contributed by atoms with Crippen molar-refractivity contribution in [1.82, 2.24) is 0 Å². The second-order valence-electron chi connectivity index (χ2n) is 3.10. The van der Waals surface area contributed by atoms with Crippen molar-refractivity contribution in [2.75, 3.05) is 0 Å². The standard InChI is InChI=1S/C12H11Cl/c1-4-10-5-6-12(13)8-11(10)7-9(2)3/h1,5-8H,2-3H3. The lowest BCUT2D eigenvalue weighted by Crippen LogP contribution is -1.82. The van der Waals surface area contributed by atoms with Gasteiger partial charge in [-0.25, -0.2) is 0 Å². The third kappa shape index (κ3) is 2.65. The van der Waals surface area contributed by atoms with Gasteiger partial charge in [0.1, 0.15) is 0 Å². The first-order chi connectivity index (χ1) is 6.13. The summed E-state index contributed by atoms with van der Waals surface area (Å²) in [6.45, 7) is 4.06. The molecule has 0 aromatic heterocycles. The summed E-state index contributed by atoms with van der Waals surface area (Å²) in [4.78, 5) is 0. The van der Waals surface area contributed by atoms with Crippen LogP contribution in [0.15, 0.2) is 23.8 Å². The first-order valence-electron chi connectivity index (χ1n) is 4.04. The zero-order valence-electron chi connectivity index (χ0n) is 7.76. The van der Waals surface area contributed by atoms with Crippen LogP contribution in [0.2, 0.25) is 5.02 Å². The highest BCUT2D eigenvalue weighted by molar-refractivity contribution is 6.30. The highest BCUT2D eigenvalue weighted by atomic mass is 35.5. The van der Waals surface area contributed by atoms with Crippen LogP contribution in [-0.4, -0.2) is 0 Å². The molecule has 13 heavy (non-hydrogen) atoms. The van der Waals surface area contributed by atoms with Crippen LogP contribution in [0.25, 0.3) is 6.08 Å². The second-order valence-corrected chi connectivity index (χ2v) is 3.53. The molecule has 0 heterocycles. The Labute approximate surface area is 84.2 Å². The Kier molecular flexibility index (Phi) is 3.17. The second kappa shape index (κ2) is 4.16. The highest BCUT2D eigenvalue weighted by Gasteiger charge is 1.97. The van der Waals surface area contributed by atoms with E-state index < -0.39 is 0 Å². The van der Waals surface area contributed by atoms with Gasteiger partial charge in [-0.3, -0.25) is 0 Å². The van der Waals surface area contributed by atoms with Crippen molar-refractivity contribution in [3.8, 4) is 12.3 Å². The van der Waals surface area contributed by atoms with E-state index in [1.807, 2.05) is 32.1 Å². The molecule has 0 unspecified atom stereocenters. The van der Waals surface area contributed by atoms with Crippen molar-refractivity contribution in [2.24, 2.45) is 0 Å². The van der Waals surface area contributed by atoms with E-state index in [0.29, 0.717) is 5.02 Å².